The van der Waals surface area contributed by atoms with Gasteiger partial charge in [-0.2, -0.15) is 0 Å². The smallest absolute Gasteiger partial charge is 0.317 e. The van der Waals surface area contributed by atoms with Crippen LogP contribution in [0.2, 0.25) is 0 Å². The van der Waals surface area contributed by atoms with Crippen molar-refractivity contribution in [2.24, 2.45) is 27.6 Å². The van der Waals surface area contributed by atoms with E-state index in [-0.39, 0.29) is 22.9 Å². The number of rotatable bonds is 4. The molecular formula is C30H46O5. The van der Waals surface area contributed by atoms with Gasteiger partial charge < -0.3 is 20.1 Å². The van der Waals surface area contributed by atoms with Crippen molar-refractivity contribution in [3.8, 4) is 0 Å². The minimum atomic E-state index is -1.24. The fraction of sp³-hybridized carbons (Fsp3) is 0.833. The zero-order valence-corrected chi connectivity index (χ0v) is 22.8. The molecule has 1 saturated heterocycles. The van der Waals surface area contributed by atoms with Gasteiger partial charge in [0, 0.05) is 5.41 Å². The summed E-state index contributed by atoms with van der Waals surface area (Å²) < 4.78 is 6.16. The molecule has 5 rings (SSSR count). The Morgan fingerprint density at radius 3 is 2.40 bits per heavy atom. The molecule has 0 bridgehead atoms. The van der Waals surface area contributed by atoms with Crippen molar-refractivity contribution in [1.82, 2.24) is 0 Å². The number of hydrogen-bond acceptors (Lipinski definition) is 5. The fourth-order valence-corrected chi connectivity index (χ4v) is 9.45. The maximum atomic E-state index is 13.9. The van der Waals surface area contributed by atoms with Crippen LogP contribution >= 0.6 is 0 Å². The van der Waals surface area contributed by atoms with Gasteiger partial charge in [-0.25, -0.2) is 0 Å². The van der Waals surface area contributed by atoms with Gasteiger partial charge >= 0.3 is 5.97 Å². The Hall–Kier alpha value is -1.17. The van der Waals surface area contributed by atoms with E-state index >= 15 is 0 Å². The maximum Gasteiger partial charge on any atom is 0.317 e. The summed E-state index contributed by atoms with van der Waals surface area (Å²) in [7, 11) is 0. The maximum absolute atomic E-state index is 13.9. The van der Waals surface area contributed by atoms with Crippen molar-refractivity contribution < 1.29 is 24.9 Å². The van der Waals surface area contributed by atoms with Gasteiger partial charge in [-0.05, 0) is 106 Å². The summed E-state index contributed by atoms with van der Waals surface area (Å²) in [6.07, 6.45) is 10.5. The minimum Gasteiger partial charge on any atom is -0.456 e. The number of fused-ring (bicyclic) bond motifs is 4. The molecule has 196 valence electrons. The first-order valence-corrected chi connectivity index (χ1v) is 13.8. The van der Waals surface area contributed by atoms with Crippen molar-refractivity contribution in [1.29, 1.82) is 0 Å². The Morgan fingerprint density at radius 2 is 1.74 bits per heavy atom. The van der Waals surface area contributed by atoms with E-state index in [4.69, 9.17) is 4.74 Å². The number of allylic oxidation sites excluding steroid dienone is 4. The SMILES string of the molecule is CC(C)(O)CCC[C@]1(C)OC(=O)[C@]23CC=C4C(=CC[C@H]5C(C)(C)[C@@H](O)CC[C@]45C)[C@]2(C)CC[C@@]31O. The molecule has 0 radical (unpaired) electrons. The highest BCUT2D eigenvalue weighted by atomic mass is 16.6. The van der Waals surface area contributed by atoms with Crippen LogP contribution in [0.15, 0.2) is 23.3 Å². The molecule has 7 atom stereocenters. The average Bonchev–Trinajstić information content (AvgIpc) is 3.09. The van der Waals surface area contributed by atoms with Gasteiger partial charge in [-0.3, -0.25) is 4.79 Å². The van der Waals surface area contributed by atoms with E-state index in [1.807, 2.05) is 6.92 Å². The standard InChI is InChI=1S/C30H46O5/c1-24(2,33)13-8-14-28(7)30(34)18-17-27(6)20-9-10-21-25(3,4)22(31)12-15-26(21,5)19(20)11-16-29(27,30)23(32)35-28/h9,11,21-22,31,33-34H,8,10,12-18H2,1-7H3/t21-,22-,26+,27-,28-,29+,30-/m0/s1. The van der Waals surface area contributed by atoms with Crippen molar-refractivity contribution in [3.63, 3.8) is 0 Å². The number of carbonyl (C=O) groups excluding carboxylic acids is 1. The summed E-state index contributed by atoms with van der Waals surface area (Å²) in [4.78, 5) is 13.9. The van der Waals surface area contributed by atoms with Crippen LogP contribution in [0.5, 0.6) is 0 Å². The van der Waals surface area contributed by atoms with Crippen LogP contribution in [0.1, 0.15) is 106 Å². The molecule has 5 nitrogen and oxygen atoms in total. The number of cyclic esters (lactones) is 1. The molecule has 1 aliphatic heterocycles. The van der Waals surface area contributed by atoms with Gasteiger partial charge in [-0.15, -0.1) is 0 Å². The Balaban J connectivity index is 1.55. The number of aliphatic hydroxyl groups excluding tert-OH is 1. The number of carbonyl (C=O) groups is 1. The van der Waals surface area contributed by atoms with Gasteiger partial charge in [0.2, 0.25) is 0 Å². The Kier molecular flexibility index (Phi) is 5.26. The summed E-state index contributed by atoms with van der Waals surface area (Å²) >= 11 is 0. The lowest BCUT2D eigenvalue weighted by molar-refractivity contribution is -0.158. The molecular weight excluding hydrogens is 440 g/mol. The number of aliphatic hydroxyl groups is 3. The van der Waals surface area contributed by atoms with Crippen LogP contribution in [0.25, 0.3) is 0 Å². The quantitative estimate of drug-likeness (QED) is 0.474. The van der Waals surface area contributed by atoms with Crippen molar-refractivity contribution >= 4 is 5.97 Å². The van der Waals surface area contributed by atoms with Crippen LogP contribution in [-0.2, 0) is 9.53 Å². The first kappa shape index (κ1) is 25.5. The van der Waals surface area contributed by atoms with Crippen LogP contribution in [-0.4, -0.2) is 44.2 Å². The van der Waals surface area contributed by atoms with Crippen molar-refractivity contribution in [2.45, 2.75) is 129 Å². The second-order valence-electron chi connectivity index (χ2n) is 14.4. The van der Waals surface area contributed by atoms with Crippen LogP contribution in [0, 0.1) is 27.6 Å². The topological polar surface area (TPSA) is 87.0 Å². The normalized spacial score (nSPS) is 48.2. The van der Waals surface area contributed by atoms with E-state index in [2.05, 4.69) is 39.8 Å². The summed E-state index contributed by atoms with van der Waals surface area (Å²) in [6.45, 7) is 14.5. The average molecular weight is 487 g/mol. The summed E-state index contributed by atoms with van der Waals surface area (Å²) in [6, 6.07) is 0. The Bertz CT molecular complexity index is 1000. The predicted octanol–water partition coefficient (Wildman–Crippen LogP) is 5.22. The molecule has 0 aromatic carbocycles. The number of ether oxygens (including phenoxy) is 1. The van der Waals surface area contributed by atoms with E-state index in [0.29, 0.717) is 38.0 Å². The molecule has 0 aromatic rings. The Morgan fingerprint density at radius 1 is 1.06 bits per heavy atom. The van der Waals surface area contributed by atoms with Crippen LogP contribution in [0.4, 0.5) is 0 Å². The van der Waals surface area contributed by atoms with Gasteiger partial charge in [0.15, 0.2) is 0 Å². The predicted molar refractivity (Wildman–Crippen MR) is 135 cm³/mol. The molecule has 5 aliphatic rings. The molecule has 35 heavy (non-hydrogen) atoms. The van der Waals surface area contributed by atoms with E-state index in [1.165, 1.54) is 11.1 Å². The molecule has 2 saturated carbocycles. The van der Waals surface area contributed by atoms with E-state index < -0.39 is 27.6 Å². The molecule has 1 heterocycles. The lowest BCUT2D eigenvalue weighted by atomic mass is 9.43. The molecule has 5 heteroatoms. The molecule has 4 aliphatic carbocycles. The van der Waals surface area contributed by atoms with Gasteiger partial charge in [-0.1, -0.05) is 39.8 Å². The van der Waals surface area contributed by atoms with Crippen molar-refractivity contribution in [2.75, 3.05) is 0 Å². The first-order chi connectivity index (χ1) is 16.0. The van der Waals surface area contributed by atoms with E-state index in [1.54, 1.807) is 13.8 Å². The minimum absolute atomic E-state index is 0.0450. The lowest BCUT2D eigenvalue weighted by Crippen LogP contribution is -2.61. The molecule has 0 aromatic heterocycles. The zero-order chi connectivity index (χ0) is 25.9. The number of esters is 1. The second kappa shape index (κ2) is 7.23. The first-order valence-electron chi connectivity index (χ1n) is 13.8. The molecule has 1 spiro atoms. The van der Waals surface area contributed by atoms with Gasteiger partial charge in [0.1, 0.15) is 16.6 Å². The zero-order valence-electron chi connectivity index (χ0n) is 22.8. The van der Waals surface area contributed by atoms with Crippen LogP contribution < -0.4 is 0 Å². The van der Waals surface area contributed by atoms with Crippen LogP contribution in [0.3, 0.4) is 0 Å². The molecule has 3 fully saturated rings. The third-order valence-corrected chi connectivity index (χ3v) is 11.8. The summed E-state index contributed by atoms with van der Waals surface area (Å²) in [5, 5.41) is 33.4. The molecule has 0 unspecified atom stereocenters. The van der Waals surface area contributed by atoms with E-state index in [9.17, 15) is 20.1 Å². The fourth-order valence-electron chi connectivity index (χ4n) is 9.45. The van der Waals surface area contributed by atoms with Crippen molar-refractivity contribution in [3.05, 3.63) is 23.3 Å². The second-order valence-corrected chi connectivity index (χ2v) is 14.4. The highest BCUT2D eigenvalue weighted by Gasteiger charge is 2.82. The molecule has 3 N–H and O–H groups in total. The highest BCUT2D eigenvalue weighted by Crippen LogP contribution is 2.76. The van der Waals surface area contributed by atoms with Gasteiger partial charge in [0.05, 0.1) is 11.7 Å². The van der Waals surface area contributed by atoms with E-state index in [0.717, 1.165) is 25.7 Å². The third kappa shape index (κ3) is 2.95. The largest absolute Gasteiger partial charge is 0.456 e. The lowest BCUT2D eigenvalue weighted by Gasteiger charge is -2.60. The molecule has 0 amide bonds. The summed E-state index contributed by atoms with van der Waals surface area (Å²) in [5.41, 5.74) is -2.09. The van der Waals surface area contributed by atoms with Gasteiger partial charge in [0.25, 0.3) is 0 Å². The third-order valence-electron chi connectivity index (χ3n) is 11.8. The monoisotopic (exact) mass is 486 g/mol. The highest BCUT2D eigenvalue weighted by molar-refractivity contribution is 5.86. The number of hydrogen-bond donors (Lipinski definition) is 3. The Labute approximate surface area is 211 Å². The summed E-state index contributed by atoms with van der Waals surface area (Å²) in [5.74, 6) is 0.0861.